The standard InChI is InChI=1S/C9H19NO2/c1-4-9(2,3)7(10)5-6-8(11)12/h7H,4-6,10H2,1-3H3,(H,11,12). The summed E-state index contributed by atoms with van der Waals surface area (Å²) in [5, 5.41) is 8.45. The fourth-order valence-electron chi connectivity index (χ4n) is 0.932. The monoisotopic (exact) mass is 173 g/mol. The molecule has 0 aliphatic carbocycles. The van der Waals surface area contributed by atoms with Gasteiger partial charge in [-0.1, -0.05) is 20.8 Å². The third-order valence-electron chi connectivity index (χ3n) is 2.58. The summed E-state index contributed by atoms with van der Waals surface area (Å²) in [5.74, 6) is -0.766. The molecule has 0 saturated heterocycles. The average molecular weight is 173 g/mol. The Morgan fingerprint density at radius 1 is 1.58 bits per heavy atom. The van der Waals surface area contributed by atoms with Crippen LogP contribution in [0.3, 0.4) is 0 Å². The summed E-state index contributed by atoms with van der Waals surface area (Å²) < 4.78 is 0. The van der Waals surface area contributed by atoms with Crippen LogP contribution in [0, 0.1) is 5.41 Å². The molecule has 0 fully saturated rings. The van der Waals surface area contributed by atoms with Gasteiger partial charge in [0.05, 0.1) is 0 Å². The number of aliphatic carboxylic acids is 1. The maximum atomic E-state index is 10.3. The minimum atomic E-state index is -0.766. The summed E-state index contributed by atoms with van der Waals surface area (Å²) in [4.78, 5) is 10.3. The fraction of sp³-hybridized carbons (Fsp3) is 0.889. The second-order valence-electron chi connectivity index (χ2n) is 3.88. The zero-order valence-corrected chi connectivity index (χ0v) is 8.13. The summed E-state index contributed by atoms with van der Waals surface area (Å²) in [7, 11) is 0. The van der Waals surface area contributed by atoms with E-state index in [1.54, 1.807) is 0 Å². The Bertz CT molecular complexity index is 155. The SMILES string of the molecule is CCC(C)(C)C(N)CCC(=O)O. The van der Waals surface area contributed by atoms with Gasteiger partial charge in [-0.15, -0.1) is 0 Å². The van der Waals surface area contributed by atoms with Gasteiger partial charge in [-0.05, 0) is 18.3 Å². The van der Waals surface area contributed by atoms with Gasteiger partial charge in [0.2, 0.25) is 0 Å². The van der Waals surface area contributed by atoms with Crippen LogP contribution in [0.2, 0.25) is 0 Å². The van der Waals surface area contributed by atoms with E-state index in [1.807, 2.05) is 0 Å². The highest BCUT2D eigenvalue weighted by Crippen LogP contribution is 2.25. The molecule has 0 amide bonds. The molecule has 1 atom stereocenters. The lowest BCUT2D eigenvalue weighted by Gasteiger charge is -2.29. The molecule has 0 aromatic heterocycles. The summed E-state index contributed by atoms with van der Waals surface area (Å²) >= 11 is 0. The maximum absolute atomic E-state index is 10.3. The number of nitrogens with two attached hydrogens (primary N) is 1. The van der Waals surface area contributed by atoms with Crippen LogP contribution in [-0.2, 0) is 4.79 Å². The fourth-order valence-corrected chi connectivity index (χ4v) is 0.932. The Labute approximate surface area is 74.0 Å². The molecule has 0 aliphatic heterocycles. The number of carboxylic acid groups (broad SMARTS) is 1. The number of carbonyl (C=O) groups is 1. The van der Waals surface area contributed by atoms with E-state index < -0.39 is 5.97 Å². The topological polar surface area (TPSA) is 63.3 Å². The van der Waals surface area contributed by atoms with Crippen molar-refractivity contribution in [2.24, 2.45) is 11.1 Å². The van der Waals surface area contributed by atoms with Gasteiger partial charge in [0.15, 0.2) is 0 Å². The Balaban J connectivity index is 3.86. The van der Waals surface area contributed by atoms with E-state index in [9.17, 15) is 4.79 Å². The van der Waals surface area contributed by atoms with Crippen LogP contribution in [0.5, 0.6) is 0 Å². The predicted octanol–water partition coefficient (Wildman–Crippen LogP) is 1.61. The van der Waals surface area contributed by atoms with Crippen LogP contribution in [0.15, 0.2) is 0 Å². The van der Waals surface area contributed by atoms with E-state index in [0.29, 0.717) is 6.42 Å². The van der Waals surface area contributed by atoms with Crippen molar-refractivity contribution in [1.82, 2.24) is 0 Å². The Hall–Kier alpha value is -0.570. The molecule has 3 N–H and O–H groups in total. The van der Waals surface area contributed by atoms with Gasteiger partial charge in [0, 0.05) is 12.5 Å². The van der Waals surface area contributed by atoms with Crippen molar-refractivity contribution in [2.75, 3.05) is 0 Å². The van der Waals surface area contributed by atoms with Crippen molar-refractivity contribution < 1.29 is 9.90 Å². The lowest BCUT2D eigenvalue weighted by molar-refractivity contribution is -0.137. The van der Waals surface area contributed by atoms with Gasteiger partial charge >= 0.3 is 5.97 Å². The molecule has 12 heavy (non-hydrogen) atoms. The first-order valence-corrected chi connectivity index (χ1v) is 4.37. The molecule has 0 heterocycles. The lowest BCUT2D eigenvalue weighted by atomic mass is 9.80. The molecule has 0 aromatic carbocycles. The van der Waals surface area contributed by atoms with Gasteiger partial charge in [0.1, 0.15) is 0 Å². The highest BCUT2D eigenvalue weighted by atomic mass is 16.4. The molecule has 72 valence electrons. The van der Waals surface area contributed by atoms with E-state index >= 15 is 0 Å². The van der Waals surface area contributed by atoms with E-state index in [2.05, 4.69) is 20.8 Å². The molecule has 0 aromatic rings. The van der Waals surface area contributed by atoms with Crippen LogP contribution in [0.1, 0.15) is 40.0 Å². The number of carboxylic acids is 1. The molecule has 0 saturated carbocycles. The smallest absolute Gasteiger partial charge is 0.303 e. The van der Waals surface area contributed by atoms with Crippen LogP contribution in [-0.4, -0.2) is 17.1 Å². The van der Waals surface area contributed by atoms with Gasteiger partial charge in [-0.2, -0.15) is 0 Å². The van der Waals surface area contributed by atoms with Crippen molar-refractivity contribution in [3.05, 3.63) is 0 Å². The minimum Gasteiger partial charge on any atom is -0.481 e. The lowest BCUT2D eigenvalue weighted by Crippen LogP contribution is -2.37. The van der Waals surface area contributed by atoms with Crippen molar-refractivity contribution >= 4 is 5.97 Å². The average Bonchev–Trinajstić information content (AvgIpc) is 2.00. The van der Waals surface area contributed by atoms with Crippen molar-refractivity contribution in [3.8, 4) is 0 Å². The van der Waals surface area contributed by atoms with Gasteiger partial charge in [0.25, 0.3) is 0 Å². The first kappa shape index (κ1) is 11.4. The van der Waals surface area contributed by atoms with E-state index in [1.165, 1.54) is 0 Å². The predicted molar refractivity (Wildman–Crippen MR) is 48.9 cm³/mol. The highest BCUT2D eigenvalue weighted by molar-refractivity contribution is 5.66. The second-order valence-corrected chi connectivity index (χ2v) is 3.88. The Kier molecular flexibility index (Phi) is 4.24. The summed E-state index contributed by atoms with van der Waals surface area (Å²) in [6, 6.07) is -0.0152. The quantitative estimate of drug-likeness (QED) is 0.664. The van der Waals surface area contributed by atoms with Crippen LogP contribution in [0.4, 0.5) is 0 Å². The van der Waals surface area contributed by atoms with Crippen LogP contribution in [0.25, 0.3) is 0 Å². The van der Waals surface area contributed by atoms with Gasteiger partial charge in [-0.3, -0.25) is 4.79 Å². The van der Waals surface area contributed by atoms with Crippen molar-refractivity contribution in [3.63, 3.8) is 0 Å². The maximum Gasteiger partial charge on any atom is 0.303 e. The highest BCUT2D eigenvalue weighted by Gasteiger charge is 2.24. The van der Waals surface area contributed by atoms with E-state index in [0.717, 1.165) is 6.42 Å². The van der Waals surface area contributed by atoms with Crippen LogP contribution < -0.4 is 5.73 Å². The first-order valence-electron chi connectivity index (χ1n) is 4.37. The van der Waals surface area contributed by atoms with Crippen molar-refractivity contribution in [2.45, 2.75) is 46.1 Å². The third kappa shape index (κ3) is 3.72. The molecular weight excluding hydrogens is 154 g/mol. The number of hydrogen-bond donors (Lipinski definition) is 2. The van der Waals surface area contributed by atoms with Gasteiger partial charge < -0.3 is 10.8 Å². The Morgan fingerprint density at radius 2 is 2.08 bits per heavy atom. The molecule has 0 spiro atoms. The van der Waals surface area contributed by atoms with E-state index in [4.69, 9.17) is 10.8 Å². The molecule has 0 bridgehead atoms. The first-order chi connectivity index (χ1) is 5.40. The molecular formula is C9H19NO2. The third-order valence-corrected chi connectivity index (χ3v) is 2.58. The van der Waals surface area contributed by atoms with Gasteiger partial charge in [-0.25, -0.2) is 0 Å². The molecule has 3 heteroatoms. The normalized spacial score (nSPS) is 14.3. The Morgan fingerprint density at radius 3 is 2.42 bits per heavy atom. The number of hydrogen-bond acceptors (Lipinski definition) is 2. The molecule has 0 rings (SSSR count). The summed E-state index contributed by atoms with van der Waals surface area (Å²) in [5.41, 5.74) is 5.90. The molecule has 1 unspecified atom stereocenters. The van der Waals surface area contributed by atoms with Crippen molar-refractivity contribution in [1.29, 1.82) is 0 Å². The number of rotatable bonds is 5. The molecule has 0 aliphatic rings. The zero-order valence-electron chi connectivity index (χ0n) is 8.13. The zero-order chi connectivity index (χ0) is 9.78. The molecule has 3 nitrogen and oxygen atoms in total. The minimum absolute atomic E-state index is 0.0152. The van der Waals surface area contributed by atoms with E-state index in [-0.39, 0.29) is 17.9 Å². The largest absolute Gasteiger partial charge is 0.481 e. The summed E-state index contributed by atoms with van der Waals surface area (Å²) in [6.07, 6.45) is 1.72. The molecule has 0 radical (unpaired) electrons. The van der Waals surface area contributed by atoms with Crippen LogP contribution >= 0.6 is 0 Å². The second kappa shape index (κ2) is 4.45. The summed E-state index contributed by atoms with van der Waals surface area (Å²) in [6.45, 7) is 6.21.